The average molecular weight is 260 g/mol. The summed E-state index contributed by atoms with van der Waals surface area (Å²) in [5, 5.41) is 0. The molecule has 0 saturated carbocycles. The van der Waals surface area contributed by atoms with Gasteiger partial charge in [-0.1, -0.05) is 0 Å². The van der Waals surface area contributed by atoms with Crippen LogP contribution in [0.3, 0.4) is 0 Å². The first-order chi connectivity index (χ1) is 5.00. The third-order valence-corrected chi connectivity index (χ3v) is 2.34. The van der Waals surface area contributed by atoms with Crippen LogP contribution >= 0.6 is 0 Å². The molecule has 0 amide bonds. The Kier molecular flexibility index (Phi) is 2.52. The quantitative estimate of drug-likeness (QED) is 0.663. The summed E-state index contributed by atoms with van der Waals surface area (Å²) in [6.07, 6.45) is -4.20. The third-order valence-electron chi connectivity index (χ3n) is 1.24. The molecule has 0 nitrogen and oxygen atoms in total. The molecular weight excluding hydrogens is 256 g/mol. The molecule has 0 fully saturated rings. The first kappa shape index (κ1) is 8.97. The molecule has 1 rings (SSSR count). The summed E-state index contributed by atoms with van der Waals surface area (Å²) in [5.74, 6) is 0. The Morgan fingerprint density at radius 3 is 1.82 bits per heavy atom. The van der Waals surface area contributed by atoms with Crippen molar-refractivity contribution in [2.45, 2.75) is 6.18 Å². The van der Waals surface area contributed by atoms with Gasteiger partial charge in [-0.05, 0) is 0 Å². The molecule has 0 spiro atoms. The zero-order chi connectivity index (χ0) is 8.48. The average Bonchev–Trinajstić information content (AvgIpc) is 1.86. The molecule has 0 aromatic heterocycles. The molecular formula is C7H4F3In. The molecule has 1 aromatic carbocycles. The van der Waals surface area contributed by atoms with Gasteiger partial charge >= 0.3 is 76.9 Å². The predicted octanol–water partition coefficient (Wildman–Crippen LogP) is 1.50. The van der Waals surface area contributed by atoms with E-state index in [2.05, 4.69) is 0 Å². The Bertz CT molecular complexity index is 237. The zero-order valence-corrected chi connectivity index (χ0v) is 8.82. The molecule has 0 aliphatic rings. The van der Waals surface area contributed by atoms with Gasteiger partial charge in [0, 0.05) is 0 Å². The van der Waals surface area contributed by atoms with Gasteiger partial charge in [0.1, 0.15) is 0 Å². The van der Waals surface area contributed by atoms with Crippen LogP contribution in [-0.2, 0) is 6.18 Å². The van der Waals surface area contributed by atoms with Crippen LogP contribution in [0.15, 0.2) is 24.3 Å². The van der Waals surface area contributed by atoms with Crippen LogP contribution in [0.2, 0.25) is 0 Å². The summed E-state index contributed by atoms with van der Waals surface area (Å²) in [7, 11) is 0. The molecule has 0 atom stereocenters. The zero-order valence-electron chi connectivity index (χ0n) is 5.52. The predicted molar refractivity (Wildman–Crippen MR) is 36.8 cm³/mol. The van der Waals surface area contributed by atoms with Crippen molar-refractivity contribution >= 4 is 27.7 Å². The summed E-state index contributed by atoms with van der Waals surface area (Å²) in [4.78, 5) is 0. The molecule has 0 bridgehead atoms. The van der Waals surface area contributed by atoms with Gasteiger partial charge in [-0.15, -0.1) is 0 Å². The SMILES string of the molecule is FC(F)(F)c1cc[c]([In])cc1. The fraction of sp³-hybridized carbons (Fsp3) is 0.143. The van der Waals surface area contributed by atoms with E-state index in [0.29, 0.717) is 0 Å². The van der Waals surface area contributed by atoms with Crippen LogP contribution in [0.5, 0.6) is 0 Å². The van der Waals surface area contributed by atoms with Crippen LogP contribution in [0.4, 0.5) is 13.2 Å². The molecule has 2 radical (unpaired) electrons. The van der Waals surface area contributed by atoms with E-state index < -0.39 is 11.7 Å². The van der Waals surface area contributed by atoms with Crippen LogP contribution in [0.1, 0.15) is 5.56 Å². The van der Waals surface area contributed by atoms with E-state index in [1.54, 1.807) is 0 Å². The van der Waals surface area contributed by atoms with Crippen LogP contribution < -0.4 is 3.32 Å². The molecule has 0 unspecified atom stereocenters. The van der Waals surface area contributed by atoms with E-state index in [1.807, 2.05) is 0 Å². The Balaban J connectivity index is 2.99. The van der Waals surface area contributed by atoms with E-state index >= 15 is 0 Å². The number of hydrogen-bond acceptors (Lipinski definition) is 0. The fourth-order valence-corrected chi connectivity index (χ4v) is 1.22. The van der Waals surface area contributed by atoms with Gasteiger partial charge in [-0.25, -0.2) is 0 Å². The molecule has 1 aromatic rings. The van der Waals surface area contributed by atoms with Crippen molar-refractivity contribution in [3.05, 3.63) is 29.8 Å². The van der Waals surface area contributed by atoms with Gasteiger partial charge in [0.05, 0.1) is 0 Å². The molecule has 0 N–H and O–H groups in total. The van der Waals surface area contributed by atoms with Crippen molar-refractivity contribution in [1.29, 1.82) is 0 Å². The fourth-order valence-electron chi connectivity index (χ4n) is 0.672. The summed E-state index contributed by atoms with van der Waals surface area (Å²) < 4.78 is 36.8. The second kappa shape index (κ2) is 3.09. The number of hydrogen-bond donors (Lipinski definition) is 0. The van der Waals surface area contributed by atoms with Gasteiger partial charge in [-0.2, -0.15) is 0 Å². The molecule has 0 heterocycles. The van der Waals surface area contributed by atoms with Crippen LogP contribution in [0, 0.1) is 0 Å². The Morgan fingerprint density at radius 2 is 1.45 bits per heavy atom. The van der Waals surface area contributed by atoms with Gasteiger partial charge in [-0.3, -0.25) is 0 Å². The van der Waals surface area contributed by atoms with Crippen molar-refractivity contribution in [2.24, 2.45) is 0 Å². The summed E-state index contributed by atoms with van der Waals surface area (Å²) in [6, 6.07) is 5.23. The topological polar surface area (TPSA) is 0 Å². The van der Waals surface area contributed by atoms with Crippen molar-refractivity contribution in [3.8, 4) is 0 Å². The Hall–Kier alpha value is -0.120. The summed E-state index contributed by atoms with van der Waals surface area (Å²) in [6.45, 7) is 0. The number of rotatable bonds is 0. The van der Waals surface area contributed by atoms with Gasteiger partial charge in [0.25, 0.3) is 0 Å². The maximum absolute atomic E-state index is 11.9. The molecule has 0 aliphatic heterocycles. The standard InChI is InChI=1S/C7H4F3.In/c8-7(9,10)6-4-2-1-3-5-6;/h2-5H;. The van der Waals surface area contributed by atoms with Gasteiger partial charge in [0.2, 0.25) is 0 Å². The normalized spacial score (nSPS) is 11.5. The van der Waals surface area contributed by atoms with Crippen molar-refractivity contribution < 1.29 is 13.2 Å². The third kappa shape index (κ3) is 2.43. The molecule has 56 valence electrons. The molecule has 11 heavy (non-hydrogen) atoms. The second-order valence-corrected chi connectivity index (χ2v) is 4.02. The van der Waals surface area contributed by atoms with Crippen molar-refractivity contribution in [2.75, 3.05) is 0 Å². The molecule has 4 heteroatoms. The van der Waals surface area contributed by atoms with E-state index in [-0.39, 0.29) is 0 Å². The molecule has 0 aliphatic carbocycles. The van der Waals surface area contributed by atoms with Crippen molar-refractivity contribution in [3.63, 3.8) is 0 Å². The first-order valence-corrected chi connectivity index (χ1v) is 4.57. The van der Waals surface area contributed by atoms with Gasteiger partial charge < -0.3 is 0 Å². The summed E-state index contributed by atoms with van der Waals surface area (Å²) in [5.41, 5.74) is -0.574. The Labute approximate surface area is 77.0 Å². The van der Waals surface area contributed by atoms with Gasteiger partial charge in [0.15, 0.2) is 0 Å². The Morgan fingerprint density at radius 1 is 1.00 bits per heavy atom. The van der Waals surface area contributed by atoms with E-state index in [0.717, 1.165) is 39.8 Å². The van der Waals surface area contributed by atoms with E-state index in [9.17, 15) is 13.2 Å². The second-order valence-electron chi connectivity index (χ2n) is 2.12. The maximum atomic E-state index is 11.9. The number of benzene rings is 1. The van der Waals surface area contributed by atoms with Crippen LogP contribution in [0.25, 0.3) is 0 Å². The molecule has 0 saturated heterocycles. The van der Waals surface area contributed by atoms with E-state index in [4.69, 9.17) is 0 Å². The van der Waals surface area contributed by atoms with E-state index in [1.165, 1.54) is 12.1 Å². The number of alkyl halides is 3. The van der Waals surface area contributed by atoms with Crippen LogP contribution in [-0.4, -0.2) is 24.4 Å². The minimum atomic E-state index is -4.20. The number of halogens is 3. The van der Waals surface area contributed by atoms with Crippen molar-refractivity contribution in [1.82, 2.24) is 0 Å². The minimum absolute atomic E-state index is 0.574. The first-order valence-electron chi connectivity index (χ1n) is 2.93. The monoisotopic (exact) mass is 260 g/mol. The summed E-state index contributed by atoms with van der Waals surface area (Å²) >= 11 is 0.853.